The number of furan rings is 1. The molecule has 0 aliphatic heterocycles. The van der Waals surface area contributed by atoms with E-state index in [2.05, 4.69) is 174 Å². The molecule has 0 radical (unpaired) electrons. The van der Waals surface area contributed by atoms with E-state index in [4.69, 9.17) is 14.4 Å². The van der Waals surface area contributed by atoms with Crippen molar-refractivity contribution in [2.45, 2.75) is 0 Å². The Morgan fingerprint density at radius 3 is 1.96 bits per heavy atom. The van der Waals surface area contributed by atoms with Gasteiger partial charge in [-0.05, 0) is 71.8 Å². The molecule has 0 atom stereocenters. The first-order chi connectivity index (χ1) is 28.2. The molecule has 0 aliphatic carbocycles. The average Bonchev–Trinajstić information content (AvgIpc) is 3.96. The molecule has 0 bridgehead atoms. The van der Waals surface area contributed by atoms with Crippen LogP contribution in [-0.4, -0.2) is 14.5 Å². The van der Waals surface area contributed by atoms with Crippen molar-refractivity contribution in [3.8, 4) is 50.7 Å². The van der Waals surface area contributed by atoms with Crippen molar-refractivity contribution in [1.29, 1.82) is 0 Å². The Morgan fingerprint density at radius 2 is 1.07 bits per heavy atom. The molecule has 0 aliphatic rings. The van der Waals surface area contributed by atoms with Crippen LogP contribution in [0, 0.1) is 0 Å². The number of aromatic nitrogens is 3. The van der Waals surface area contributed by atoms with Crippen molar-refractivity contribution in [2.24, 2.45) is 0 Å². The van der Waals surface area contributed by atoms with Crippen LogP contribution in [-0.2, 0) is 0 Å². The molecule has 4 heterocycles. The number of hydrogen-bond acceptors (Lipinski definition) is 4. The summed E-state index contributed by atoms with van der Waals surface area (Å²) in [7, 11) is 0. The molecule has 0 amide bonds. The van der Waals surface area contributed by atoms with Crippen LogP contribution >= 0.6 is 11.3 Å². The summed E-state index contributed by atoms with van der Waals surface area (Å²) < 4.78 is 11.4. The smallest absolute Gasteiger partial charge is 0.160 e. The molecule has 0 unspecified atom stereocenters. The lowest BCUT2D eigenvalue weighted by Gasteiger charge is -2.13. The van der Waals surface area contributed by atoms with Gasteiger partial charge in [-0.2, -0.15) is 0 Å². The van der Waals surface area contributed by atoms with Gasteiger partial charge in [0.05, 0.1) is 22.4 Å². The standard InChI is InChI=1S/C52H31N3OS/c1-2-12-32(13-3-1)33-14-10-16-36(28-33)52-53-43(31-44(54-52)35-24-25-39-38-18-5-8-22-47(38)56-48(39)30-35)34-15-11-17-37(29-34)55-45-21-7-4-20-42(45)50-46(55)27-26-41-40-19-6-9-23-49(40)57-51(41)50/h1-31H. The molecule has 0 spiro atoms. The third kappa shape index (κ3) is 5.13. The SMILES string of the molecule is c1ccc(-c2cccc(-c3nc(-c4cccc(-n5c6ccccc6c6c7sc8ccccc8c7ccc65)c4)cc(-c4ccc5c(c4)oc4ccccc45)n3)c2)cc1. The first kappa shape index (κ1) is 32.0. The van der Waals surface area contributed by atoms with Crippen molar-refractivity contribution in [3.05, 3.63) is 188 Å². The van der Waals surface area contributed by atoms with Gasteiger partial charge in [-0.1, -0.05) is 127 Å². The summed E-state index contributed by atoms with van der Waals surface area (Å²) in [4.78, 5) is 10.5. The van der Waals surface area contributed by atoms with Gasteiger partial charge in [0.2, 0.25) is 0 Å². The zero-order valence-corrected chi connectivity index (χ0v) is 31.4. The van der Waals surface area contributed by atoms with Crippen LogP contribution in [0.4, 0.5) is 0 Å². The quantitative estimate of drug-likeness (QED) is 0.176. The molecule has 8 aromatic carbocycles. The predicted molar refractivity (Wildman–Crippen MR) is 238 cm³/mol. The monoisotopic (exact) mass is 745 g/mol. The summed E-state index contributed by atoms with van der Waals surface area (Å²) in [5.41, 5.74) is 12.0. The predicted octanol–water partition coefficient (Wildman–Crippen LogP) is 14.5. The van der Waals surface area contributed by atoms with Crippen LogP contribution in [0.2, 0.25) is 0 Å². The van der Waals surface area contributed by atoms with E-state index in [0.29, 0.717) is 5.82 Å². The molecule has 0 saturated carbocycles. The van der Waals surface area contributed by atoms with Gasteiger partial charge in [0, 0.05) is 64.1 Å². The van der Waals surface area contributed by atoms with Crippen molar-refractivity contribution >= 4 is 75.3 Å². The summed E-state index contributed by atoms with van der Waals surface area (Å²) in [6.07, 6.45) is 0. The number of para-hydroxylation sites is 2. The fraction of sp³-hybridized carbons (Fsp3) is 0. The molecule has 0 fully saturated rings. The molecule has 0 saturated heterocycles. The first-order valence-electron chi connectivity index (χ1n) is 19.1. The van der Waals surface area contributed by atoms with E-state index in [1.807, 2.05) is 29.5 Å². The zero-order chi connectivity index (χ0) is 37.5. The topological polar surface area (TPSA) is 43.9 Å². The van der Waals surface area contributed by atoms with Gasteiger partial charge in [-0.25, -0.2) is 9.97 Å². The van der Waals surface area contributed by atoms with Gasteiger partial charge in [0.15, 0.2) is 5.82 Å². The second kappa shape index (κ2) is 12.6. The van der Waals surface area contributed by atoms with Crippen molar-refractivity contribution in [2.75, 3.05) is 0 Å². The molecule has 12 aromatic rings. The van der Waals surface area contributed by atoms with Crippen LogP contribution < -0.4 is 0 Å². The molecule has 4 nitrogen and oxygen atoms in total. The molecular weight excluding hydrogens is 715 g/mol. The van der Waals surface area contributed by atoms with Crippen LogP contribution in [0.15, 0.2) is 192 Å². The van der Waals surface area contributed by atoms with E-state index in [9.17, 15) is 0 Å². The van der Waals surface area contributed by atoms with E-state index in [-0.39, 0.29) is 0 Å². The van der Waals surface area contributed by atoms with Crippen molar-refractivity contribution in [1.82, 2.24) is 14.5 Å². The van der Waals surface area contributed by atoms with Gasteiger partial charge < -0.3 is 8.98 Å². The van der Waals surface area contributed by atoms with Crippen LogP contribution in [0.25, 0.3) is 115 Å². The highest BCUT2D eigenvalue weighted by Crippen LogP contribution is 2.43. The number of hydrogen-bond donors (Lipinski definition) is 0. The van der Waals surface area contributed by atoms with E-state index in [0.717, 1.165) is 66.8 Å². The minimum absolute atomic E-state index is 0.666. The molecule has 266 valence electrons. The largest absolute Gasteiger partial charge is 0.456 e. The Balaban J connectivity index is 1.05. The highest BCUT2D eigenvalue weighted by molar-refractivity contribution is 7.26. The Labute approximate surface area is 331 Å². The van der Waals surface area contributed by atoms with Gasteiger partial charge in [0.25, 0.3) is 0 Å². The van der Waals surface area contributed by atoms with E-state index >= 15 is 0 Å². The maximum Gasteiger partial charge on any atom is 0.160 e. The number of benzene rings is 8. The summed E-state index contributed by atoms with van der Waals surface area (Å²) in [6, 6.07) is 66.5. The zero-order valence-electron chi connectivity index (χ0n) is 30.6. The molecule has 12 rings (SSSR count). The van der Waals surface area contributed by atoms with Crippen LogP contribution in [0.1, 0.15) is 0 Å². The Kier molecular flexibility index (Phi) is 7.06. The molecule has 57 heavy (non-hydrogen) atoms. The second-order valence-electron chi connectivity index (χ2n) is 14.6. The maximum atomic E-state index is 6.33. The summed E-state index contributed by atoms with van der Waals surface area (Å²) in [6.45, 7) is 0. The number of fused-ring (bicyclic) bond motifs is 10. The van der Waals surface area contributed by atoms with E-state index in [1.54, 1.807) is 0 Å². The van der Waals surface area contributed by atoms with Gasteiger partial charge in [0.1, 0.15) is 11.2 Å². The third-order valence-corrected chi connectivity index (χ3v) is 12.4. The van der Waals surface area contributed by atoms with Gasteiger partial charge in [-0.15, -0.1) is 11.3 Å². The normalized spacial score (nSPS) is 11.9. The highest BCUT2D eigenvalue weighted by Gasteiger charge is 2.19. The highest BCUT2D eigenvalue weighted by atomic mass is 32.1. The third-order valence-electron chi connectivity index (χ3n) is 11.2. The van der Waals surface area contributed by atoms with Crippen LogP contribution in [0.3, 0.4) is 0 Å². The van der Waals surface area contributed by atoms with Crippen molar-refractivity contribution < 1.29 is 4.42 Å². The van der Waals surface area contributed by atoms with Crippen molar-refractivity contribution in [3.63, 3.8) is 0 Å². The molecule has 4 aromatic heterocycles. The number of nitrogens with zero attached hydrogens (tertiary/aromatic N) is 3. The Bertz CT molecular complexity index is 3540. The number of rotatable bonds is 5. The lowest BCUT2D eigenvalue weighted by atomic mass is 10.0. The molecular formula is C52H31N3OS. The second-order valence-corrected chi connectivity index (χ2v) is 15.6. The fourth-order valence-electron chi connectivity index (χ4n) is 8.54. The number of thiophene rings is 1. The lowest BCUT2D eigenvalue weighted by Crippen LogP contribution is -1.98. The summed E-state index contributed by atoms with van der Waals surface area (Å²) in [5, 5.41) is 7.35. The maximum absolute atomic E-state index is 6.33. The fourth-order valence-corrected chi connectivity index (χ4v) is 9.80. The Hall–Kier alpha value is -7.34. The van der Waals surface area contributed by atoms with E-state index in [1.165, 1.54) is 42.0 Å². The van der Waals surface area contributed by atoms with Gasteiger partial charge >= 0.3 is 0 Å². The lowest BCUT2D eigenvalue weighted by molar-refractivity contribution is 0.669. The minimum atomic E-state index is 0.666. The van der Waals surface area contributed by atoms with Crippen LogP contribution in [0.5, 0.6) is 0 Å². The average molecular weight is 746 g/mol. The minimum Gasteiger partial charge on any atom is -0.456 e. The molecule has 0 N–H and O–H groups in total. The van der Waals surface area contributed by atoms with E-state index < -0.39 is 0 Å². The molecule has 5 heteroatoms. The summed E-state index contributed by atoms with van der Waals surface area (Å²) >= 11 is 1.88. The van der Waals surface area contributed by atoms with Gasteiger partial charge in [-0.3, -0.25) is 0 Å². The summed E-state index contributed by atoms with van der Waals surface area (Å²) in [5.74, 6) is 0.666. The Morgan fingerprint density at radius 1 is 0.404 bits per heavy atom. The first-order valence-corrected chi connectivity index (χ1v) is 20.0.